The summed E-state index contributed by atoms with van der Waals surface area (Å²) in [5.74, 6) is 5.15. The molecule has 0 radical (unpaired) electrons. The highest BCUT2D eigenvalue weighted by Crippen LogP contribution is 2.29. The van der Waals surface area contributed by atoms with E-state index in [0.717, 1.165) is 19.7 Å². The number of rotatable bonds is 6. The maximum absolute atomic E-state index is 13.6. The van der Waals surface area contributed by atoms with Gasteiger partial charge < -0.3 is 0 Å². The third-order valence-electron chi connectivity index (χ3n) is 5.64. The van der Waals surface area contributed by atoms with Crippen LogP contribution in [-0.4, -0.2) is 16.8 Å². The number of sulfonamides is 2. The van der Waals surface area contributed by atoms with E-state index < -0.39 is 20.0 Å². The molecule has 0 aromatic heterocycles. The van der Waals surface area contributed by atoms with Crippen molar-refractivity contribution in [2.75, 3.05) is 8.61 Å². The molecule has 0 aliphatic rings. The van der Waals surface area contributed by atoms with Crippen LogP contribution in [0.2, 0.25) is 0 Å². The van der Waals surface area contributed by atoms with Gasteiger partial charge in [0.05, 0.1) is 21.2 Å². The highest BCUT2D eigenvalue weighted by molar-refractivity contribution is 14.1. The number of hydrogen-bond donors (Lipinski definition) is 0. The van der Waals surface area contributed by atoms with Crippen LogP contribution in [0.1, 0.15) is 11.1 Å². The van der Waals surface area contributed by atoms with Crippen LogP contribution in [0.25, 0.3) is 0 Å². The Morgan fingerprint density at radius 3 is 1.18 bits per heavy atom. The van der Waals surface area contributed by atoms with Gasteiger partial charge in [-0.05, 0) is 108 Å². The van der Waals surface area contributed by atoms with Crippen LogP contribution in [0.5, 0.6) is 0 Å². The van der Waals surface area contributed by atoms with Crippen LogP contribution in [0.3, 0.4) is 0 Å². The third kappa shape index (κ3) is 6.63. The van der Waals surface area contributed by atoms with E-state index >= 15 is 0 Å². The monoisotopic (exact) mass is 792 g/mol. The van der Waals surface area contributed by atoms with E-state index in [0.29, 0.717) is 18.5 Å². The second-order valence-corrected chi connectivity index (χ2v) is 14.4. The average molecular weight is 792 g/mol. The van der Waals surface area contributed by atoms with Crippen LogP contribution in [0.15, 0.2) is 107 Å². The Kier molecular flexibility index (Phi) is 9.46. The molecule has 10 heteroatoms. The van der Waals surface area contributed by atoms with Gasteiger partial charge in [0.15, 0.2) is 0 Å². The van der Waals surface area contributed by atoms with Crippen LogP contribution in [0.4, 0.5) is 11.4 Å². The number of para-hydroxylation sites is 2. The molecule has 0 unspecified atom stereocenters. The Bertz CT molecular complexity index is 1740. The minimum Gasteiger partial charge on any atom is -0.200 e. The number of aryl methyl sites for hydroxylation is 2. The molecule has 0 heterocycles. The molecule has 0 N–H and O–H groups in total. The van der Waals surface area contributed by atoms with Gasteiger partial charge in [0.2, 0.25) is 0 Å². The van der Waals surface area contributed by atoms with Crippen molar-refractivity contribution in [3.63, 3.8) is 0 Å². The van der Waals surface area contributed by atoms with Gasteiger partial charge in [-0.25, -0.2) is 16.8 Å². The number of hydrogen-bond acceptors (Lipinski definition) is 4. The standard InChI is InChI=1S/C30H22I2N2O4S2/c1-23-13-17-25(18-14-23)39(35,36)33(29-11-5-3-9-27(29)31)21-7-8-22-34(30-12-6-4-10-28(30)32)40(37,38)26-19-15-24(2)16-20-26/h3-6,9-20H,1-2H3. The zero-order valence-corrected chi connectivity index (χ0v) is 27.3. The number of benzene rings is 4. The van der Waals surface area contributed by atoms with Crippen molar-refractivity contribution in [2.45, 2.75) is 23.6 Å². The quantitative estimate of drug-likeness (QED) is 0.127. The van der Waals surface area contributed by atoms with Crippen molar-refractivity contribution in [1.82, 2.24) is 0 Å². The maximum Gasteiger partial charge on any atom is 0.275 e. The van der Waals surface area contributed by atoms with Crippen molar-refractivity contribution < 1.29 is 16.8 Å². The van der Waals surface area contributed by atoms with E-state index in [2.05, 4.69) is 23.9 Å². The third-order valence-corrected chi connectivity index (χ3v) is 10.7. The van der Waals surface area contributed by atoms with E-state index in [4.69, 9.17) is 0 Å². The smallest absolute Gasteiger partial charge is 0.200 e. The molecule has 0 aliphatic carbocycles. The van der Waals surface area contributed by atoms with E-state index in [1.165, 1.54) is 24.3 Å². The van der Waals surface area contributed by atoms with Gasteiger partial charge in [-0.2, -0.15) is 8.61 Å². The zero-order chi connectivity index (χ0) is 28.9. The summed E-state index contributed by atoms with van der Waals surface area (Å²) in [6.45, 7) is 3.74. The second kappa shape index (κ2) is 12.6. The first-order valence-corrected chi connectivity index (χ1v) is 16.8. The molecule has 4 aromatic carbocycles. The van der Waals surface area contributed by atoms with Crippen LogP contribution in [-0.2, 0) is 20.0 Å². The number of halogens is 2. The van der Waals surface area contributed by atoms with Crippen LogP contribution < -0.4 is 8.61 Å². The van der Waals surface area contributed by atoms with Crippen LogP contribution in [0, 0.1) is 44.9 Å². The summed E-state index contributed by atoms with van der Waals surface area (Å²) < 4.78 is 57.8. The molecule has 4 aromatic rings. The molecule has 0 saturated carbocycles. The average Bonchev–Trinajstić information content (AvgIpc) is 2.92. The molecule has 0 amide bonds. The largest absolute Gasteiger partial charge is 0.275 e. The van der Waals surface area contributed by atoms with Crippen molar-refractivity contribution in [3.05, 3.63) is 115 Å². The van der Waals surface area contributed by atoms with E-state index in [1.54, 1.807) is 72.8 Å². The van der Waals surface area contributed by atoms with Crippen molar-refractivity contribution in [3.8, 4) is 23.9 Å². The Hall–Kier alpha value is -3.04. The van der Waals surface area contributed by atoms with Gasteiger partial charge in [0, 0.05) is 31.1 Å². The van der Waals surface area contributed by atoms with Gasteiger partial charge in [-0.1, -0.05) is 59.7 Å². The molecular weight excluding hydrogens is 770 g/mol. The summed E-state index contributed by atoms with van der Waals surface area (Å²) in [7, 11) is -8.15. The lowest BCUT2D eigenvalue weighted by molar-refractivity contribution is 0.594. The van der Waals surface area contributed by atoms with Gasteiger partial charge in [-0.3, -0.25) is 0 Å². The fraction of sp³-hybridized carbons (Fsp3) is 0.0667. The van der Waals surface area contributed by atoms with Crippen molar-refractivity contribution >= 4 is 76.6 Å². The fourth-order valence-electron chi connectivity index (χ4n) is 3.52. The minimum atomic E-state index is -4.07. The minimum absolute atomic E-state index is 0.0717. The summed E-state index contributed by atoms with van der Waals surface area (Å²) >= 11 is 4.09. The molecule has 202 valence electrons. The molecule has 0 saturated heterocycles. The molecule has 0 bridgehead atoms. The van der Waals surface area contributed by atoms with Gasteiger partial charge in [0.1, 0.15) is 0 Å². The highest BCUT2D eigenvalue weighted by atomic mass is 127. The number of nitrogens with zero attached hydrogens (tertiary/aromatic N) is 2. The van der Waals surface area contributed by atoms with Gasteiger partial charge in [0.25, 0.3) is 20.0 Å². The Balaban J connectivity index is 1.82. The first-order valence-electron chi connectivity index (χ1n) is 11.8. The zero-order valence-electron chi connectivity index (χ0n) is 21.3. The fourth-order valence-corrected chi connectivity index (χ4v) is 7.66. The Morgan fingerprint density at radius 2 is 0.850 bits per heavy atom. The lowest BCUT2D eigenvalue weighted by atomic mass is 10.2. The lowest BCUT2D eigenvalue weighted by Crippen LogP contribution is -2.27. The highest BCUT2D eigenvalue weighted by Gasteiger charge is 2.26. The number of anilines is 2. The summed E-state index contributed by atoms with van der Waals surface area (Å²) in [6.07, 6.45) is 0. The first-order chi connectivity index (χ1) is 19.0. The van der Waals surface area contributed by atoms with Gasteiger partial charge >= 0.3 is 0 Å². The molecule has 0 atom stereocenters. The predicted molar refractivity (Wildman–Crippen MR) is 176 cm³/mol. The second-order valence-electron chi connectivity index (χ2n) is 8.54. The maximum atomic E-state index is 13.6. The normalized spacial score (nSPS) is 11.0. The Labute approximate surface area is 262 Å². The molecular formula is C30H22I2N2O4S2. The predicted octanol–water partition coefficient (Wildman–Crippen LogP) is 6.53. The summed E-state index contributed by atoms with van der Waals surface area (Å²) in [6, 6.07) is 32.1. The Morgan fingerprint density at radius 1 is 0.525 bits per heavy atom. The van der Waals surface area contributed by atoms with Gasteiger partial charge in [-0.15, -0.1) is 0 Å². The molecule has 4 rings (SSSR count). The van der Waals surface area contributed by atoms with E-state index in [9.17, 15) is 16.8 Å². The SMILES string of the molecule is Cc1ccc(S(=O)(=O)N(C#CC#CN(c2ccccc2I)S(=O)(=O)c2ccc(C)cc2)c2ccccc2I)cc1. The molecule has 6 nitrogen and oxygen atoms in total. The van der Waals surface area contributed by atoms with Crippen molar-refractivity contribution in [1.29, 1.82) is 0 Å². The summed E-state index contributed by atoms with van der Waals surface area (Å²) in [4.78, 5) is 0.143. The summed E-state index contributed by atoms with van der Waals surface area (Å²) in [5.41, 5.74) is 2.56. The molecule has 0 spiro atoms. The topological polar surface area (TPSA) is 74.8 Å². The molecule has 40 heavy (non-hydrogen) atoms. The van der Waals surface area contributed by atoms with Crippen molar-refractivity contribution in [2.24, 2.45) is 0 Å². The van der Waals surface area contributed by atoms with E-state index in [-0.39, 0.29) is 9.79 Å². The molecule has 0 fully saturated rings. The molecule has 0 aliphatic heterocycles. The summed E-state index contributed by atoms with van der Waals surface area (Å²) in [5, 5.41) is 0. The lowest BCUT2D eigenvalue weighted by Gasteiger charge is -2.19. The first kappa shape index (κ1) is 29.9. The van der Waals surface area contributed by atoms with E-state index in [1.807, 2.05) is 59.0 Å². The van der Waals surface area contributed by atoms with Crippen LogP contribution >= 0.6 is 45.2 Å².